The number of para-hydroxylation sites is 1. The van der Waals surface area contributed by atoms with Crippen molar-refractivity contribution in [3.8, 4) is 5.75 Å². The van der Waals surface area contributed by atoms with Crippen molar-refractivity contribution in [1.82, 2.24) is 0 Å². The normalized spacial score (nSPS) is 10.3. The summed E-state index contributed by atoms with van der Waals surface area (Å²) >= 11 is 6.24. The second-order valence-corrected chi connectivity index (χ2v) is 4.57. The minimum atomic E-state index is -0.0514. The molecule has 2 rings (SSSR count). The van der Waals surface area contributed by atoms with E-state index in [4.69, 9.17) is 16.3 Å². The largest absolute Gasteiger partial charge is 0.497 e. The van der Waals surface area contributed by atoms with Crippen molar-refractivity contribution in [1.29, 1.82) is 0 Å². The number of rotatable bonds is 4. The van der Waals surface area contributed by atoms with Crippen molar-refractivity contribution < 1.29 is 9.84 Å². The van der Waals surface area contributed by atoms with E-state index in [0.717, 1.165) is 22.7 Å². The highest BCUT2D eigenvalue weighted by molar-refractivity contribution is 6.33. The third kappa shape index (κ3) is 2.83. The molecule has 0 spiro atoms. The van der Waals surface area contributed by atoms with Crippen molar-refractivity contribution in [2.24, 2.45) is 0 Å². The van der Waals surface area contributed by atoms with Crippen LogP contribution in [0.4, 0.5) is 11.4 Å². The van der Waals surface area contributed by atoms with E-state index in [0.29, 0.717) is 5.02 Å². The molecule has 19 heavy (non-hydrogen) atoms. The number of halogens is 1. The van der Waals surface area contributed by atoms with Gasteiger partial charge in [-0.25, -0.2) is 0 Å². The minimum absolute atomic E-state index is 0.0514. The molecule has 4 heteroatoms. The zero-order chi connectivity index (χ0) is 13.8. The van der Waals surface area contributed by atoms with Crippen LogP contribution in [-0.4, -0.2) is 19.3 Å². The summed E-state index contributed by atoms with van der Waals surface area (Å²) in [6, 6.07) is 13.2. The number of methoxy groups -OCH3 is 1. The first-order chi connectivity index (χ1) is 9.17. The Labute approximate surface area is 118 Å². The van der Waals surface area contributed by atoms with Crippen LogP contribution in [0.15, 0.2) is 42.5 Å². The van der Waals surface area contributed by atoms with Gasteiger partial charge >= 0.3 is 0 Å². The van der Waals surface area contributed by atoms with Gasteiger partial charge in [0.25, 0.3) is 0 Å². The van der Waals surface area contributed by atoms with Crippen molar-refractivity contribution in [3.05, 3.63) is 53.1 Å². The van der Waals surface area contributed by atoms with Crippen LogP contribution in [0.1, 0.15) is 5.56 Å². The van der Waals surface area contributed by atoms with E-state index in [1.807, 2.05) is 54.4 Å². The fourth-order valence-corrected chi connectivity index (χ4v) is 2.33. The van der Waals surface area contributed by atoms with Gasteiger partial charge in [-0.15, -0.1) is 0 Å². The zero-order valence-corrected chi connectivity index (χ0v) is 11.7. The highest BCUT2D eigenvalue weighted by Gasteiger charge is 2.13. The maximum atomic E-state index is 9.43. The van der Waals surface area contributed by atoms with Crippen LogP contribution in [-0.2, 0) is 6.61 Å². The molecule has 0 fully saturated rings. The van der Waals surface area contributed by atoms with Gasteiger partial charge in [0.2, 0.25) is 0 Å². The third-order valence-electron chi connectivity index (χ3n) is 3.02. The van der Waals surface area contributed by atoms with Gasteiger partial charge in [-0.3, -0.25) is 0 Å². The van der Waals surface area contributed by atoms with Crippen LogP contribution >= 0.6 is 11.6 Å². The van der Waals surface area contributed by atoms with Gasteiger partial charge in [0, 0.05) is 24.4 Å². The average Bonchev–Trinajstić information content (AvgIpc) is 2.46. The average molecular weight is 278 g/mol. The Morgan fingerprint density at radius 1 is 1.21 bits per heavy atom. The summed E-state index contributed by atoms with van der Waals surface area (Å²) in [7, 11) is 3.54. The van der Waals surface area contributed by atoms with Crippen LogP contribution in [0, 0.1) is 0 Å². The van der Waals surface area contributed by atoms with Gasteiger partial charge in [-0.05, 0) is 18.2 Å². The van der Waals surface area contributed by atoms with Gasteiger partial charge < -0.3 is 14.7 Å². The summed E-state index contributed by atoms with van der Waals surface area (Å²) in [6.07, 6.45) is 0. The van der Waals surface area contributed by atoms with Crippen LogP contribution in [0.3, 0.4) is 0 Å². The molecule has 0 aliphatic heterocycles. The fraction of sp³-hybridized carbons (Fsp3) is 0.200. The highest BCUT2D eigenvalue weighted by atomic mass is 35.5. The van der Waals surface area contributed by atoms with Gasteiger partial charge in [0.05, 0.1) is 24.4 Å². The number of ether oxygens (including phenoxy) is 1. The SMILES string of the molecule is COc1cccc(N(C)c2c(Cl)cccc2CO)c1. The zero-order valence-electron chi connectivity index (χ0n) is 10.9. The molecule has 0 heterocycles. The van der Waals surface area contributed by atoms with Crippen LogP contribution in [0.5, 0.6) is 5.75 Å². The quantitative estimate of drug-likeness (QED) is 0.927. The molecule has 100 valence electrons. The number of aliphatic hydroxyl groups is 1. The van der Waals surface area contributed by atoms with Gasteiger partial charge in [-0.2, -0.15) is 0 Å². The van der Waals surface area contributed by atoms with Crippen molar-refractivity contribution in [3.63, 3.8) is 0 Å². The van der Waals surface area contributed by atoms with Crippen LogP contribution in [0.2, 0.25) is 5.02 Å². The fourth-order valence-electron chi connectivity index (χ4n) is 2.01. The summed E-state index contributed by atoms with van der Waals surface area (Å²) in [5.41, 5.74) is 2.54. The molecule has 3 nitrogen and oxygen atoms in total. The summed E-state index contributed by atoms with van der Waals surface area (Å²) in [6.45, 7) is -0.0514. The van der Waals surface area contributed by atoms with Crippen molar-refractivity contribution >= 4 is 23.0 Å². The molecule has 0 atom stereocenters. The van der Waals surface area contributed by atoms with Gasteiger partial charge in [0.15, 0.2) is 0 Å². The van der Waals surface area contributed by atoms with Gasteiger partial charge in [-0.1, -0.05) is 29.8 Å². The number of nitrogens with zero attached hydrogens (tertiary/aromatic N) is 1. The molecule has 0 bridgehead atoms. The first-order valence-corrected chi connectivity index (χ1v) is 6.31. The molecule has 2 aromatic carbocycles. The van der Waals surface area contributed by atoms with Gasteiger partial charge in [0.1, 0.15) is 5.75 Å². The second kappa shape index (κ2) is 5.95. The maximum Gasteiger partial charge on any atom is 0.120 e. The van der Waals surface area contributed by atoms with E-state index in [9.17, 15) is 5.11 Å². The molecular formula is C15H16ClNO2. The van der Waals surface area contributed by atoms with E-state index in [2.05, 4.69) is 0 Å². The van der Waals surface area contributed by atoms with E-state index in [-0.39, 0.29) is 6.61 Å². The van der Waals surface area contributed by atoms with E-state index in [1.54, 1.807) is 7.11 Å². The summed E-state index contributed by atoms with van der Waals surface area (Å²) < 4.78 is 5.22. The smallest absolute Gasteiger partial charge is 0.120 e. The lowest BCUT2D eigenvalue weighted by molar-refractivity contribution is 0.282. The molecule has 0 aliphatic carbocycles. The Kier molecular flexibility index (Phi) is 4.30. The summed E-state index contributed by atoms with van der Waals surface area (Å²) in [5.74, 6) is 0.780. The molecule has 0 aromatic heterocycles. The third-order valence-corrected chi connectivity index (χ3v) is 3.32. The number of hydrogen-bond donors (Lipinski definition) is 1. The predicted molar refractivity (Wildman–Crippen MR) is 78.4 cm³/mol. The van der Waals surface area contributed by atoms with E-state index < -0.39 is 0 Å². The Bertz CT molecular complexity index is 572. The van der Waals surface area contributed by atoms with E-state index in [1.165, 1.54) is 0 Å². The second-order valence-electron chi connectivity index (χ2n) is 4.17. The number of anilines is 2. The Morgan fingerprint density at radius 2 is 1.95 bits per heavy atom. The lowest BCUT2D eigenvalue weighted by Crippen LogP contribution is -2.12. The van der Waals surface area contributed by atoms with Crippen molar-refractivity contribution in [2.75, 3.05) is 19.1 Å². The molecular weight excluding hydrogens is 262 g/mol. The Balaban J connectivity index is 2.46. The first-order valence-electron chi connectivity index (χ1n) is 5.93. The Hall–Kier alpha value is -1.71. The molecule has 0 radical (unpaired) electrons. The Morgan fingerprint density at radius 3 is 2.63 bits per heavy atom. The minimum Gasteiger partial charge on any atom is -0.497 e. The first kappa shape index (κ1) is 13.7. The number of benzene rings is 2. The van der Waals surface area contributed by atoms with Crippen molar-refractivity contribution in [2.45, 2.75) is 6.61 Å². The molecule has 0 saturated heterocycles. The topological polar surface area (TPSA) is 32.7 Å². The lowest BCUT2D eigenvalue weighted by Gasteiger charge is -2.23. The molecule has 0 saturated carbocycles. The molecule has 0 aliphatic rings. The van der Waals surface area contributed by atoms with Crippen LogP contribution in [0.25, 0.3) is 0 Å². The monoisotopic (exact) mass is 277 g/mol. The molecule has 0 unspecified atom stereocenters. The predicted octanol–water partition coefficient (Wildman–Crippen LogP) is 3.61. The van der Waals surface area contributed by atoms with Crippen LogP contribution < -0.4 is 9.64 Å². The van der Waals surface area contributed by atoms with E-state index >= 15 is 0 Å². The summed E-state index contributed by atoms with van der Waals surface area (Å²) in [5, 5.41) is 10.0. The highest BCUT2D eigenvalue weighted by Crippen LogP contribution is 2.35. The molecule has 0 amide bonds. The maximum absolute atomic E-state index is 9.43. The number of hydrogen-bond acceptors (Lipinski definition) is 3. The standard InChI is InChI=1S/C15H16ClNO2/c1-17(12-6-4-7-13(9-12)19-2)15-11(10-18)5-3-8-14(15)16/h3-9,18H,10H2,1-2H3. The molecule has 1 N–H and O–H groups in total. The lowest BCUT2D eigenvalue weighted by atomic mass is 10.1. The summed E-state index contributed by atoms with van der Waals surface area (Å²) in [4.78, 5) is 1.94. The number of aliphatic hydroxyl groups excluding tert-OH is 1. The molecule has 2 aromatic rings.